The number of carbonyl (C=O) groups excluding carboxylic acids is 1. The molecule has 0 saturated heterocycles. The third kappa shape index (κ3) is 5.05. The van der Waals surface area contributed by atoms with Gasteiger partial charge in [0.1, 0.15) is 0 Å². The lowest BCUT2D eigenvalue weighted by Gasteiger charge is -2.12. The van der Waals surface area contributed by atoms with Gasteiger partial charge in [0, 0.05) is 6.08 Å². The van der Waals surface area contributed by atoms with E-state index in [1.807, 2.05) is 13.0 Å². The molecule has 2 heteroatoms. The number of hydrogen-bond donors (Lipinski definition) is 0. The first-order chi connectivity index (χ1) is 6.79. The Morgan fingerprint density at radius 1 is 1.21 bits per heavy atom. The molecule has 1 atom stereocenters. The van der Waals surface area contributed by atoms with Gasteiger partial charge in [0.15, 0.2) is 0 Å². The lowest BCUT2D eigenvalue weighted by Crippen LogP contribution is -2.12. The zero-order valence-corrected chi connectivity index (χ0v) is 9.00. The fourth-order valence-electron chi connectivity index (χ4n) is 1.70. The van der Waals surface area contributed by atoms with Gasteiger partial charge in [-0.1, -0.05) is 25.3 Å². The van der Waals surface area contributed by atoms with Crippen LogP contribution in [0.3, 0.4) is 0 Å². The predicted molar refractivity (Wildman–Crippen MR) is 57.0 cm³/mol. The summed E-state index contributed by atoms with van der Waals surface area (Å²) in [4.78, 5) is 11.2. The Kier molecular flexibility index (Phi) is 5.35. The topological polar surface area (TPSA) is 26.3 Å². The van der Waals surface area contributed by atoms with Gasteiger partial charge >= 0.3 is 5.97 Å². The number of esters is 1. The quantitative estimate of drug-likeness (QED) is 0.556. The van der Waals surface area contributed by atoms with E-state index in [2.05, 4.69) is 0 Å². The van der Waals surface area contributed by atoms with Gasteiger partial charge in [-0.15, -0.1) is 0 Å². The molecule has 1 heterocycles. The Hall–Kier alpha value is -0.790. The molecular weight excluding hydrogens is 176 g/mol. The molecule has 0 N–H and O–H groups in total. The van der Waals surface area contributed by atoms with Crippen LogP contribution in [0.1, 0.15) is 51.9 Å². The lowest BCUT2D eigenvalue weighted by atomic mass is 10.1. The second kappa shape index (κ2) is 6.63. The molecule has 1 aliphatic heterocycles. The monoisotopic (exact) mass is 196 g/mol. The number of rotatable bonds is 0. The normalized spacial score (nSPS) is 26.1. The van der Waals surface area contributed by atoms with E-state index in [-0.39, 0.29) is 12.1 Å². The Morgan fingerprint density at radius 3 is 2.79 bits per heavy atom. The van der Waals surface area contributed by atoms with Crippen molar-refractivity contribution in [1.82, 2.24) is 0 Å². The summed E-state index contributed by atoms with van der Waals surface area (Å²) < 4.78 is 5.20. The van der Waals surface area contributed by atoms with Crippen LogP contribution in [0, 0.1) is 0 Å². The Labute approximate surface area is 86.3 Å². The standard InChI is InChI=1S/C12H20O2/c1-11-9-7-5-3-2-4-6-8-10-12(13)14-11/h8,10-11H,2-7,9H2,1H3/t11-/m0/s1. The highest BCUT2D eigenvalue weighted by atomic mass is 16.5. The lowest BCUT2D eigenvalue weighted by molar-refractivity contribution is -0.142. The highest BCUT2D eigenvalue weighted by molar-refractivity contribution is 5.81. The molecule has 0 fully saturated rings. The van der Waals surface area contributed by atoms with Crippen molar-refractivity contribution in [3.05, 3.63) is 12.2 Å². The van der Waals surface area contributed by atoms with Crippen molar-refractivity contribution in [3.63, 3.8) is 0 Å². The average molecular weight is 196 g/mol. The SMILES string of the molecule is C[C@H]1CCCCCCCC=CC(=O)O1. The average Bonchev–Trinajstić information content (AvgIpc) is 2.13. The Bertz CT molecular complexity index is 196. The van der Waals surface area contributed by atoms with E-state index in [0.717, 1.165) is 12.8 Å². The third-order valence-corrected chi connectivity index (χ3v) is 2.55. The summed E-state index contributed by atoms with van der Waals surface area (Å²) in [5.74, 6) is -0.182. The predicted octanol–water partition coefficient (Wildman–Crippen LogP) is 3.22. The van der Waals surface area contributed by atoms with Gasteiger partial charge in [-0.3, -0.25) is 0 Å². The van der Waals surface area contributed by atoms with E-state index >= 15 is 0 Å². The van der Waals surface area contributed by atoms with E-state index in [1.165, 1.54) is 32.1 Å². The summed E-state index contributed by atoms with van der Waals surface area (Å²) in [6, 6.07) is 0. The van der Waals surface area contributed by atoms with Crippen LogP contribution >= 0.6 is 0 Å². The number of carbonyl (C=O) groups is 1. The van der Waals surface area contributed by atoms with Crippen molar-refractivity contribution in [2.24, 2.45) is 0 Å². The molecular formula is C12H20O2. The highest BCUT2D eigenvalue weighted by Crippen LogP contribution is 2.12. The van der Waals surface area contributed by atoms with Crippen molar-refractivity contribution in [1.29, 1.82) is 0 Å². The van der Waals surface area contributed by atoms with Crippen molar-refractivity contribution >= 4 is 5.97 Å². The van der Waals surface area contributed by atoms with Crippen molar-refractivity contribution in [2.45, 2.75) is 58.0 Å². The van der Waals surface area contributed by atoms with Gasteiger partial charge < -0.3 is 4.74 Å². The van der Waals surface area contributed by atoms with Crippen molar-refractivity contribution in [3.8, 4) is 0 Å². The Morgan fingerprint density at radius 2 is 1.93 bits per heavy atom. The number of cyclic esters (lactones) is 1. The molecule has 0 aromatic heterocycles. The summed E-state index contributed by atoms with van der Waals surface area (Å²) in [7, 11) is 0. The molecule has 0 unspecified atom stereocenters. The first kappa shape index (κ1) is 11.3. The first-order valence-electron chi connectivity index (χ1n) is 5.66. The molecule has 2 nitrogen and oxygen atoms in total. The van der Waals surface area contributed by atoms with Crippen LogP contribution in [0.25, 0.3) is 0 Å². The van der Waals surface area contributed by atoms with E-state index < -0.39 is 0 Å². The fraction of sp³-hybridized carbons (Fsp3) is 0.750. The second-order valence-corrected chi connectivity index (χ2v) is 3.99. The molecule has 0 aromatic carbocycles. The molecule has 0 amide bonds. The molecule has 0 aliphatic carbocycles. The van der Waals surface area contributed by atoms with Crippen molar-refractivity contribution < 1.29 is 9.53 Å². The van der Waals surface area contributed by atoms with Gasteiger partial charge in [0.05, 0.1) is 6.10 Å². The van der Waals surface area contributed by atoms with Crippen LogP contribution in [0.5, 0.6) is 0 Å². The molecule has 1 rings (SSSR count). The van der Waals surface area contributed by atoms with Gasteiger partial charge in [-0.2, -0.15) is 0 Å². The molecule has 0 bridgehead atoms. The minimum Gasteiger partial charge on any atom is -0.460 e. The summed E-state index contributed by atoms with van der Waals surface area (Å²) in [5.41, 5.74) is 0. The number of allylic oxidation sites excluding steroid dienone is 1. The fourth-order valence-corrected chi connectivity index (χ4v) is 1.70. The summed E-state index contributed by atoms with van der Waals surface area (Å²) in [5, 5.41) is 0. The van der Waals surface area contributed by atoms with E-state index in [1.54, 1.807) is 6.08 Å². The van der Waals surface area contributed by atoms with Crippen LogP contribution in [-0.2, 0) is 9.53 Å². The second-order valence-electron chi connectivity index (χ2n) is 3.99. The zero-order chi connectivity index (χ0) is 10.2. The molecule has 0 aromatic rings. The Balaban J connectivity index is 2.38. The smallest absolute Gasteiger partial charge is 0.330 e. The van der Waals surface area contributed by atoms with Gasteiger partial charge in [0.2, 0.25) is 0 Å². The van der Waals surface area contributed by atoms with Gasteiger partial charge in [-0.25, -0.2) is 4.79 Å². The van der Waals surface area contributed by atoms with E-state index in [0.29, 0.717) is 0 Å². The maximum Gasteiger partial charge on any atom is 0.330 e. The molecule has 14 heavy (non-hydrogen) atoms. The third-order valence-electron chi connectivity index (χ3n) is 2.55. The molecule has 0 saturated carbocycles. The molecule has 0 spiro atoms. The van der Waals surface area contributed by atoms with Crippen LogP contribution < -0.4 is 0 Å². The molecule has 1 aliphatic rings. The number of hydrogen-bond acceptors (Lipinski definition) is 2. The number of ether oxygens (including phenoxy) is 1. The summed E-state index contributed by atoms with van der Waals surface area (Å²) >= 11 is 0. The van der Waals surface area contributed by atoms with Crippen LogP contribution in [0.4, 0.5) is 0 Å². The molecule has 80 valence electrons. The maximum atomic E-state index is 11.2. The van der Waals surface area contributed by atoms with Crippen LogP contribution in [0.2, 0.25) is 0 Å². The summed E-state index contributed by atoms with van der Waals surface area (Å²) in [6.45, 7) is 1.97. The van der Waals surface area contributed by atoms with E-state index in [9.17, 15) is 4.79 Å². The van der Waals surface area contributed by atoms with Gasteiger partial charge in [0.25, 0.3) is 0 Å². The molecule has 0 radical (unpaired) electrons. The van der Waals surface area contributed by atoms with Crippen molar-refractivity contribution in [2.75, 3.05) is 0 Å². The van der Waals surface area contributed by atoms with Gasteiger partial charge in [-0.05, 0) is 32.6 Å². The first-order valence-corrected chi connectivity index (χ1v) is 5.66. The highest BCUT2D eigenvalue weighted by Gasteiger charge is 2.06. The van der Waals surface area contributed by atoms with E-state index in [4.69, 9.17) is 4.74 Å². The maximum absolute atomic E-state index is 11.2. The van der Waals surface area contributed by atoms with Crippen LogP contribution in [-0.4, -0.2) is 12.1 Å². The largest absolute Gasteiger partial charge is 0.460 e. The minimum atomic E-state index is -0.182. The summed E-state index contributed by atoms with van der Waals surface area (Å²) in [6.07, 6.45) is 11.8. The minimum absolute atomic E-state index is 0.0755. The van der Waals surface area contributed by atoms with Crippen LogP contribution in [0.15, 0.2) is 12.2 Å². The zero-order valence-electron chi connectivity index (χ0n) is 9.00.